The molecule has 0 unspecified atom stereocenters. The highest BCUT2D eigenvalue weighted by Gasteiger charge is 2.63. The molecular weight excluding hydrogens is 2010 g/mol. The molecule has 11 saturated heterocycles. The van der Waals surface area contributed by atoms with Crippen LogP contribution < -0.4 is 26.6 Å². The maximum atomic E-state index is 13.5. The van der Waals surface area contributed by atoms with Gasteiger partial charge in [0, 0.05) is 34.6 Å². The van der Waals surface area contributed by atoms with Gasteiger partial charge in [-0.2, -0.15) is 0 Å². The number of rotatable bonds is 42. The third-order valence-electron chi connectivity index (χ3n) is 26.7. The number of amides is 5. The first-order valence-electron chi connectivity index (χ1n) is 46.9. The molecule has 11 fully saturated rings. The van der Waals surface area contributed by atoms with E-state index >= 15 is 0 Å². The van der Waals surface area contributed by atoms with Crippen LogP contribution in [-0.4, -0.2) is 639 Å². The van der Waals surface area contributed by atoms with Gasteiger partial charge in [0.1, 0.15) is 281 Å². The van der Waals surface area contributed by atoms with Crippen molar-refractivity contribution in [2.24, 2.45) is 0 Å². The van der Waals surface area contributed by atoms with Gasteiger partial charge in [0.15, 0.2) is 69.2 Å². The molecular formula is C82H139N5O60. The van der Waals surface area contributed by atoms with Crippen LogP contribution in [-0.2, 0) is 128 Å². The van der Waals surface area contributed by atoms with Gasteiger partial charge in [0.25, 0.3) is 0 Å². The number of hydrogen-bond acceptors (Lipinski definition) is 60. The molecule has 11 rings (SSSR count). The Bertz CT molecular complexity index is 4050. The van der Waals surface area contributed by atoms with E-state index in [1.807, 2.05) is 0 Å². The summed E-state index contributed by atoms with van der Waals surface area (Å²) < 4.78 is 132. The summed E-state index contributed by atoms with van der Waals surface area (Å²) in [5.74, 6) is -5.03. The van der Waals surface area contributed by atoms with Crippen molar-refractivity contribution in [3.8, 4) is 0 Å². The zero-order chi connectivity index (χ0) is 109. The molecule has 38 N–H and O–H groups in total. The van der Waals surface area contributed by atoms with Crippen molar-refractivity contribution < 1.29 is 297 Å². The minimum absolute atomic E-state index is 0.850. The van der Waals surface area contributed by atoms with E-state index < -0.39 is 471 Å². The fraction of sp³-hybridized carbons (Fsp3) is 0.939. The van der Waals surface area contributed by atoms with Crippen molar-refractivity contribution >= 4 is 29.5 Å². The Morgan fingerprint density at radius 3 is 0.905 bits per heavy atom. The molecule has 147 heavy (non-hydrogen) atoms. The van der Waals surface area contributed by atoms with E-state index in [4.69, 9.17) is 104 Å². The van der Waals surface area contributed by atoms with Gasteiger partial charge in [-0.15, -0.1) is 0 Å². The highest BCUT2D eigenvalue weighted by Crippen LogP contribution is 2.42. The summed E-state index contributed by atoms with van der Waals surface area (Å²) in [6, 6.07) is -10.0. The van der Waals surface area contributed by atoms with Crippen LogP contribution in [0.4, 0.5) is 0 Å². The van der Waals surface area contributed by atoms with E-state index in [0.29, 0.717) is 0 Å². The first-order valence-corrected chi connectivity index (χ1v) is 46.9. The van der Waals surface area contributed by atoms with E-state index in [-0.39, 0.29) is 0 Å². The Morgan fingerprint density at radius 2 is 0.531 bits per heavy atom. The molecule has 11 heterocycles. The summed E-state index contributed by atoms with van der Waals surface area (Å²) in [6.45, 7) is -8.44. The van der Waals surface area contributed by atoms with Gasteiger partial charge in [-0.3, -0.25) is 24.0 Å². The number of nitrogens with one attached hydrogen (secondary N) is 5. The van der Waals surface area contributed by atoms with Crippen LogP contribution in [0.15, 0.2) is 0 Å². The van der Waals surface area contributed by atoms with Crippen LogP contribution in [0.3, 0.4) is 0 Å². The number of ether oxygens (including phenoxy) is 22. The monoisotopic (exact) mass is 2150 g/mol. The fourth-order valence-corrected chi connectivity index (χ4v) is 18.7. The smallest absolute Gasteiger partial charge is 0.217 e. The molecule has 59 atom stereocenters. The molecule has 11 aliphatic rings. The maximum absolute atomic E-state index is 13.5. The second-order valence-electron chi connectivity index (χ2n) is 37.2. The SMILES string of the molecule is CC(=O)N[C@H]1[C@H](O[C@@H]([C@H](O)[C@H](CO)NC(C)=O)[C@H](O)CO[C@@H]2O[C@@H](C)[C@@H](O)[C@@H](O)[C@@H]2O)O[C@H](CO)[C@@H](O[C@@H]2O[C@H](CO[C@H]3O[C@H](CO[C@@H]4O[C@H](CO)[C@@H](O[C@@H]5O[C@H](CO)[C@H](O)[C@H](O)[C@H]5O)[C@@H](O)[C@H]4NC(C)=O)[C@@H](O)[C@H](O)[C@@H]3O[C@@H]3O[C@H](CO)[C@@H](O[C@@H]4O[C@H](CO)[C@H](O)[C@H](O)[C@H]4O)[C@H](O)[C@H]3NC(C)=O)[C@@H](O)[C@H](O[C@H]3O[C@H](CO)[C@@H](O)[C@H](O)[C@@H]3O[C@@H]3O[C@H](CO)[C@@H](O[C@@H]4O[C@H](CO)[C@H](O)[C@H](O)[C@H]4O)[C@H](O)[C@H]3NC(C)=O)[C@@H]2O)[C@@H]1O. The zero-order valence-electron chi connectivity index (χ0n) is 79.3. The average Bonchev–Trinajstić information content (AvgIpc) is 0.761. The average molecular weight is 2150 g/mol. The van der Waals surface area contributed by atoms with Crippen molar-refractivity contribution in [2.75, 3.05) is 79.3 Å². The van der Waals surface area contributed by atoms with Crippen LogP contribution in [0.1, 0.15) is 41.5 Å². The Balaban J connectivity index is 0.977. The number of carbonyl (C=O) groups is 5. The summed E-state index contributed by atoms with van der Waals surface area (Å²) in [7, 11) is 0. The predicted octanol–water partition coefficient (Wildman–Crippen LogP) is -25.8. The topological polar surface area (TPSA) is 1020 Å². The van der Waals surface area contributed by atoms with E-state index in [1.165, 1.54) is 6.92 Å². The van der Waals surface area contributed by atoms with Gasteiger partial charge in [-0.25, -0.2) is 0 Å². The summed E-state index contributed by atoms with van der Waals surface area (Å²) in [4.78, 5) is 65.5. The van der Waals surface area contributed by atoms with Crippen LogP contribution in [0.25, 0.3) is 0 Å². The predicted molar refractivity (Wildman–Crippen MR) is 454 cm³/mol. The van der Waals surface area contributed by atoms with Crippen LogP contribution in [0.2, 0.25) is 0 Å². The molecule has 0 aromatic carbocycles. The van der Waals surface area contributed by atoms with Crippen molar-refractivity contribution in [3.05, 3.63) is 0 Å². The zero-order valence-corrected chi connectivity index (χ0v) is 79.3. The molecule has 0 aromatic heterocycles. The highest BCUT2D eigenvalue weighted by molar-refractivity contribution is 5.75. The van der Waals surface area contributed by atoms with Crippen molar-refractivity contribution in [1.29, 1.82) is 0 Å². The third kappa shape index (κ3) is 28.0. The van der Waals surface area contributed by atoms with Crippen molar-refractivity contribution in [3.63, 3.8) is 0 Å². The fourth-order valence-electron chi connectivity index (χ4n) is 18.7. The van der Waals surface area contributed by atoms with E-state index in [0.717, 1.165) is 34.6 Å². The molecule has 5 amide bonds. The van der Waals surface area contributed by atoms with Gasteiger partial charge in [0.2, 0.25) is 29.5 Å². The van der Waals surface area contributed by atoms with Crippen molar-refractivity contribution in [2.45, 2.75) is 403 Å². The first-order chi connectivity index (χ1) is 69.5. The van der Waals surface area contributed by atoms with E-state index in [9.17, 15) is 192 Å². The van der Waals surface area contributed by atoms with E-state index in [1.54, 1.807) is 0 Å². The molecule has 0 aromatic rings. The summed E-state index contributed by atoms with van der Waals surface area (Å²) in [6.07, 6.45) is -118. The Kier molecular flexibility index (Phi) is 45.1. The lowest BCUT2D eigenvalue weighted by Crippen LogP contribution is -2.70. The first kappa shape index (κ1) is 122. The minimum atomic E-state index is -2.77. The quantitative estimate of drug-likeness (QED) is 0.0270. The lowest BCUT2D eigenvalue weighted by molar-refractivity contribution is -0.399. The molecule has 852 valence electrons. The number of carbonyl (C=O) groups excluding carboxylic acids is 5. The number of hydrogen-bond donors (Lipinski definition) is 38. The highest BCUT2D eigenvalue weighted by atomic mass is 16.8. The normalized spacial score (nSPS) is 47.3. The Morgan fingerprint density at radius 1 is 0.252 bits per heavy atom. The van der Waals surface area contributed by atoms with Gasteiger partial charge in [-0.1, -0.05) is 0 Å². The van der Waals surface area contributed by atoms with Gasteiger partial charge in [-0.05, 0) is 6.92 Å². The maximum Gasteiger partial charge on any atom is 0.217 e. The number of aliphatic hydroxyl groups is 33. The van der Waals surface area contributed by atoms with Gasteiger partial charge >= 0.3 is 0 Å². The summed E-state index contributed by atoms with van der Waals surface area (Å²) in [5.41, 5.74) is 0. The lowest BCUT2D eigenvalue weighted by atomic mass is 9.94. The van der Waals surface area contributed by atoms with Gasteiger partial charge < -0.3 is 299 Å². The molecule has 11 aliphatic heterocycles. The van der Waals surface area contributed by atoms with Crippen LogP contribution >= 0.6 is 0 Å². The molecule has 0 bridgehead atoms. The number of aliphatic hydroxyl groups excluding tert-OH is 33. The standard InChI is InChI=1S/C82H139N5O60/c1-19-41(103)53(115)59(121)76(129-19)126-16-26(102)64(42(104)25(7-88)83-20(2)97)140-73-38(85-22(4)99)50(112)68(34(15-96)135-73)144-80-63(125)69(145-82-71(57(119)46(108)30(11-92)133-82)147-75-40(87-24(6)101)52(114)67(33(14-95)137-75)143-79-62(124)56(118)45(107)29(10-91)132-79)48(110)36(138-80)18-128-81-70(146-74-39(86-23(5)100)51(113)66(32(13-94)136-74)142-78-61(123)55(117)44(106)28(9-90)131-78)58(120)47(109)35(139-81)17-127-72-37(84-21(3)98)49(111)65(31(12-93)134-72)141-77-60(122)54(116)43(105)27(8-89)130-77/h19,25-82,88-96,102-125H,7-18H2,1-6H3,(H,83,97)(H,84,98)(H,85,99)(H,86,100)(H,87,101)/t19-,25-,26+,27+,28+,29+,30+,31+,32+,33+,34+,35+,36+,37+,38+,39+,40+,41+,42+,43-,44-,45-,46+,47+,48+,49-,50+,51+,52+,53+,54-,55-,56-,57-,58-,59-,60+,61+,62+,63-,64+,65+,66+,67+,68+,69-,70-,71-,72+,73-,74-,75-,76+,77-,78-,79-,80-,81-,82+/m0/s1. The third-order valence-corrected chi connectivity index (χ3v) is 26.7. The second kappa shape index (κ2) is 54.2. The molecule has 65 heteroatoms. The lowest BCUT2D eigenvalue weighted by Gasteiger charge is -2.51. The van der Waals surface area contributed by atoms with E-state index in [2.05, 4.69) is 26.6 Å². The largest absolute Gasteiger partial charge is 0.394 e. The Labute approximate surface area is 833 Å². The molecule has 0 saturated carbocycles. The molecule has 0 aliphatic carbocycles. The second-order valence-corrected chi connectivity index (χ2v) is 37.2. The minimum Gasteiger partial charge on any atom is -0.394 e. The Hall–Kier alpha value is -4.85. The van der Waals surface area contributed by atoms with Gasteiger partial charge in [0.05, 0.1) is 91.4 Å². The van der Waals surface area contributed by atoms with Crippen molar-refractivity contribution in [1.82, 2.24) is 26.6 Å². The summed E-state index contributed by atoms with van der Waals surface area (Å²) in [5, 5.41) is 384. The van der Waals surface area contributed by atoms with Crippen LogP contribution in [0.5, 0.6) is 0 Å². The summed E-state index contributed by atoms with van der Waals surface area (Å²) >= 11 is 0. The molecule has 65 nitrogen and oxygen atoms in total. The molecule has 0 radical (unpaired) electrons. The molecule has 0 spiro atoms. The van der Waals surface area contributed by atoms with Crippen LogP contribution in [0, 0.1) is 0 Å².